The molecule has 0 radical (unpaired) electrons. The zero-order valence-electron chi connectivity index (χ0n) is 12.0. The fraction of sp³-hybridized carbons (Fsp3) is 0.267. The molecule has 0 unspecified atom stereocenters. The van der Waals surface area contributed by atoms with E-state index in [0.717, 1.165) is 26.0 Å². The van der Waals surface area contributed by atoms with Gasteiger partial charge in [0.2, 0.25) is 5.91 Å². The number of hydrogen-bond donors (Lipinski definition) is 1. The van der Waals surface area contributed by atoms with Crippen molar-refractivity contribution in [3.8, 4) is 0 Å². The highest BCUT2D eigenvalue weighted by Gasteiger charge is 2.08. The highest BCUT2D eigenvalue weighted by atomic mass is 32.2. The van der Waals surface area contributed by atoms with Crippen LogP contribution in [0.5, 0.6) is 0 Å². The number of thioether (sulfide) groups is 1. The standard InChI is InChI=1S/C15H15N3O2S2/c1-10-8-11(20-18-10)6-7-16-14(19)9-21-15-17-12-4-2-3-5-13(12)22-15/h2-5,8H,6-7,9H2,1H3,(H,16,19). The van der Waals surface area contributed by atoms with Gasteiger partial charge in [0.15, 0.2) is 4.34 Å². The molecule has 0 spiro atoms. The van der Waals surface area contributed by atoms with Crippen molar-refractivity contribution in [2.24, 2.45) is 0 Å². The molecule has 3 rings (SSSR count). The van der Waals surface area contributed by atoms with Crippen molar-refractivity contribution in [2.45, 2.75) is 17.7 Å². The molecule has 1 N–H and O–H groups in total. The van der Waals surface area contributed by atoms with Gasteiger partial charge in [0.05, 0.1) is 21.7 Å². The lowest BCUT2D eigenvalue weighted by Crippen LogP contribution is -2.27. The van der Waals surface area contributed by atoms with E-state index in [2.05, 4.69) is 15.5 Å². The number of nitrogens with zero attached hydrogens (tertiary/aromatic N) is 2. The first kappa shape index (κ1) is 15.1. The molecule has 0 aliphatic carbocycles. The summed E-state index contributed by atoms with van der Waals surface area (Å²) >= 11 is 3.08. The second-order valence-corrected chi connectivity index (χ2v) is 7.02. The molecule has 2 aromatic heterocycles. The number of carbonyl (C=O) groups is 1. The van der Waals surface area contributed by atoms with E-state index in [9.17, 15) is 4.79 Å². The van der Waals surface area contributed by atoms with Crippen molar-refractivity contribution in [2.75, 3.05) is 12.3 Å². The molecule has 0 atom stereocenters. The van der Waals surface area contributed by atoms with Gasteiger partial charge in [-0.25, -0.2) is 4.98 Å². The normalized spacial score (nSPS) is 11.0. The molecule has 0 saturated heterocycles. The molecule has 2 heterocycles. The van der Waals surface area contributed by atoms with Gasteiger partial charge in [0, 0.05) is 19.0 Å². The van der Waals surface area contributed by atoms with Gasteiger partial charge in [-0.2, -0.15) is 0 Å². The highest BCUT2D eigenvalue weighted by Crippen LogP contribution is 2.28. The molecule has 0 bridgehead atoms. The lowest BCUT2D eigenvalue weighted by Gasteiger charge is -2.02. The van der Waals surface area contributed by atoms with Crippen molar-refractivity contribution >= 4 is 39.2 Å². The van der Waals surface area contributed by atoms with Crippen molar-refractivity contribution < 1.29 is 9.32 Å². The maximum atomic E-state index is 11.8. The molecule has 0 aliphatic heterocycles. The molecular weight excluding hydrogens is 318 g/mol. The Labute approximate surface area is 136 Å². The van der Waals surface area contributed by atoms with E-state index in [1.165, 1.54) is 11.8 Å². The molecular formula is C15H15N3O2S2. The summed E-state index contributed by atoms with van der Waals surface area (Å²) in [4.78, 5) is 16.3. The predicted molar refractivity (Wildman–Crippen MR) is 88.3 cm³/mol. The predicted octanol–water partition coefficient (Wildman–Crippen LogP) is 3.04. The Morgan fingerprint density at radius 1 is 1.41 bits per heavy atom. The molecule has 5 nitrogen and oxygen atoms in total. The minimum Gasteiger partial charge on any atom is -0.361 e. The van der Waals surface area contributed by atoms with E-state index < -0.39 is 0 Å². The quantitative estimate of drug-likeness (QED) is 0.702. The lowest BCUT2D eigenvalue weighted by molar-refractivity contribution is -0.118. The minimum atomic E-state index is 0.000457. The molecule has 0 aliphatic rings. The van der Waals surface area contributed by atoms with E-state index in [1.54, 1.807) is 11.3 Å². The van der Waals surface area contributed by atoms with Crippen molar-refractivity contribution in [1.29, 1.82) is 0 Å². The van der Waals surface area contributed by atoms with E-state index in [-0.39, 0.29) is 5.91 Å². The summed E-state index contributed by atoms with van der Waals surface area (Å²) in [6, 6.07) is 9.86. The van der Waals surface area contributed by atoms with Crippen LogP contribution in [0.3, 0.4) is 0 Å². The number of aromatic nitrogens is 2. The number of benzene rings is 1. The summed E-state index contributed by atoms with van der Waals surface area (Å²) in [7, 11) is 0. The maximum absolute atomic E-state index is 11.8. The molecule has 0 fully saturated rings. The van der Waals surface area contributed by atoms with E-state index in [4.69, 9.17) is 4.52 Å². The van der Waals surface area contributed by atoms with Crippen molar-refractivity contribution in [3.05, 3.63) is 41.8 Å². The first-order valence-corrected chi connectivity index (χ1v) is 8.68. The molecule has 7 heteroatoms. The SMILES string of the molecule is Cc1cc(CCNC(=O)CSc2nc3ccccc3s2)on1. The third-order valence-electron chi connectivity index (χ3n) is 2.97. The zero-order chi connectivity index (χ0) is 15.4. The number of nitrogens with one attached hydrogen (secondary N) is 1. The van der Waals surface area contributed by atoms with E-state index in [0.29, 0.717) is 18.7 Å². The topological polar surface area (TPSA) is 68.0 Å². The molecule has 22 heavy (non-hydrogen) atoms. The zero-order valence-corrected chi connectivity index (χ0v) is 13.7. The third-order valence-corrected chi connectivity index (χ3v) is 5.15. The monoisotopic (exact) mass is 333 g/mol. The van der Waals surface area contributed by atoms with Gasteiger partial charge in [-0.3, -0.25) is 4.79 Å². The molecule has 3 aromatic rings. The number of aryl methyl sites for hydroxylation is 1. The summed E-state index contributed by atoms with van der Waals surface area (Å²) in [5, 5.41) is 6.69. The molecule has 0 saturated carbocycles. The second kappa shape index (κ2) is 6.93. The first-order chi connectivity index (χ1) is 10.7. The van der Waals surface area contributed by atoms with Crippen LogP contribution >= 0.6 is 23.1 Å². The smallest absolute Gasteiger partial charge is 0.230 e. The van der Waals surface area contributed by atoms with Gasteiger partial charge in [0.1, 0.15) is 5.76 Å². The Morgan fingerprint density at radius 3 is 3.05 bits per heavy atom. The van der Waals surface area contributed by atoms with E-state index in [1.807, 2.05) is 37.3 Å². The van der Waals surface area contributed by atoms with Crippen LogP contribution in [0.4, 0.5) is 0 Å². The molecule has 114 valence electrons. The number of carbonyl (C=O) groups excluding carboxylic acids is 1. The fourth-order valence-corrected chi connectivity index (χ4v) is 3.85. The Balaban J connectivity index is 1.43. The highest BCUT2D eigenvalue weighted by molar-refractivity contribution is 8.01. The Bertz CT molecular complexity index is 749. The average Bonchev–Trinajstić information content (AvgIpc) is 3.11. The Morgan fingerprint density at radius 2 is 2.27 bits per heavy atom. The van der Waals surface area contributed by atoms with Crippen LogP contribution < -0.4 is 5.32 Å². The van der Waals surface area contributed by atoms with Crippen LogP contribution in [0.25, 0.3) is 10.2 Å². The van der Waals surface area contributed by atoms with Crippen LogP contribution in [0.15, 0.2) is 39.2 Å². The summed E-state index contributed by atoms with van der Waals surface area (Å²) in [5.74, 6) is 1.16. The van der Waals surface area contributed by atoms with Crippen LogP contribution in [-0.2, 0) is 11.2 Å². The van der Waals surface area contributed by atoms with Crippen LogP contribution in [-0.4, -0.2) is 28.3 Å². The number of fused-ring (bicyclic) bond motifs is 1. The average molecular weight is 333 g/mol. The fourth-order valence-electron chi connectivity index (χ4n) is 1.95. The van der Waals surface area contributed by atoms with Gasteiger partial charge >= 0.3 is 0 Å². The number of amides is 1. The van der Waals surface area contributed by atoms with Crippen molar-refractivity contribution in [1.82, 2.24) is 15.5 Å². The van der Waals surface area contributed by atoms with Crippen molar-refractivity contribution in [3.63, 3.8) is 0 Å². The summed E-state index contributed by atoms with van der Waals surface area (Å²) in [6.45, 7) is 2.42. The maximum Gasteiger partial charge on any atom is 0.230 e. The van der Waals surface area contributed by atoms with E-state index >= 15 is 0 Å². The Hall–Kier alpha value is -1.86. The number of thiazole rings is 1. The summed E-state index contributed by atoms with van der Waals surface area (Å²) < 4.78 is 7.16. The lowest BCUT2D eigenvalue weighted by atomic mass is 10.3. The van der Waals surface area contributed by atoms with Crippen LogP contribution in [0.1, 0.15) is 11.5 Å². The minimum absolute atomic E-state index is 0.000457. The van der Waals surface area contributed by atoms with Gasteiger partial charge in [-0.05, 0) is 19.1 Å². The van der Waals surface area contributed by atoms with Gasteiger partial charge in [-0.15, -0.1) is 11.3 Å². The van der Waals surface area contributed by atoms with Crippen LogP contribution in [0, 0.1) is 6.92 Å². The third kappa shape index (κ3) is 3.86. The Kier molecular flexibility index (Phi) is 4.74. The number of rotatable bonds is 6. The molecule has 1 amide bonds. The largest absolute Gasteiger partial charge is 0.361 e. The number of para-hydroxylation sites is 1. The van der Waals surface area contributed by atoms with Gasteiger partial charge in [0.25, 0.3) is 0 Å². The second-order valence-electron chi connectivity index (χ2n) is 4.77. The van der Waals surface area contributed by atoms with Gasteiger partial charge < -0.3 is 9.84 Å². The number of hydrogen-bond acceptors (Lipinski definition) is 6. The summed E-state index contributed by atoms with van der Waals surface area (Å²) in [6.07, 6.45) is 0.651. The molecule has 1 aromatic carbocycles. The van der Waals surface area contributed by atoms with Gasteiger partial charge in [-0.1, -0.05) is 29.1 Å². The first-order valence-electron chi connectivity index (χ1n) is 6.88. The van der Waals surface area contributed by atoms with Crippen LogP contribution in [0.2, 0.25) is 0 Å². The summed E-state index contributed by atoms with van der Waals surface area (Å²) in [5.41, 5.74) is 1.84.